The Bertz CT molecular complexity index is 403. The number of hydrogen-bond donors (Lipinski definition) is 2. The lowest BCUT2D eigenvalue weighted by atomic mass is 10.1. The minimum absolute atomic E-state index is 0.0331. The average Bonchev–Trinajstić information content (AvgIpc) is 2.71. The fourth-order valence-corrected chi connectivity index (χ4v) is 3.39. The third kappa shape index (κ3) is 4.93. The quantitative estimate of drug-likeness (QED) is 0.767. The Hall–Kier alpha value is -0.910. The molecule has 0 aliphatic rings. The number of nitrogens with zero attached hydrogens (tertiary/aromatic N) is 1. The number of amides is 1. The Morgan fingerprint density at radius 1 is 1.47 bits per heavy atom. The normalized spacial score (nSPS) is 14.6. The summed E-state index contributed by atoms with van der Waals surface area (Å²) in [5.41, 5.74) is 11.5. The first-order valence-corrected chi connectivity index (χ1v) is 7.61. The largest absolute Gasteiger partial charge is 0.369 e. The Balaban J connectivity index is 2.93. The molecule has 1 aromatic heterocycles. The zero-order chi connectivity index (χ0) is 14.4. The number of hydrogen-bond acceptors (Lipinski definition) is 4. The minimum atomic E-state index is -0.296. The van der Waals surface area contributed by atoms with E-state index < -0.39 is 0 Å². The summed E-state index contributed by atoms with van der Waals surface area (Å²) >= 11 is 1.74. The topological polar surface area (TPSA) is 72.3 Å². The van der Waals surface area contributed by atoms with Crippen LogP contribution in [0.3, 0.4) is 0 Å². The van der Waals surface area contributed by atoms with Crippen LogP contribution in [0.25, 0.3) is 0 Å². The van der Waals surface area contributed by atoms with Gasteiger partial charge in [-0.1, -0.05) is 13.3 Å². The molecule has 2 unspecified atom stereocenters. The summed E-state index contributed by atoms with van der Waals surface area (Å²) in [7, 11) is 0. The van der Waals surface area contributed by atoms with Crippen LogP contribution in [0.2, 0.25) is 0 Å². The summed E-state index contributed by atoms with van der Waals surface area (Å²) in [5, 5.41) is 0. The molecule has 4 nitrogen and oxygen atoms in total. The molecule has 0 aromatic carbocycles. The second-order valence-electron chi connectivity index (χ2n) is 5.04. The van der Waals surface area contributed by atoms with Crippen LogP contribution in [0, 0.1) is 6.92 Å². The third-order valence-electron chi connectivity index (χ3n) is 3.10. The second-order valence-corrected chi connectivity index (χ2v) is 6.36. The van der Waals surface area contributed by atoms with Gasteiger partial charge in [-0.25, -0.2) is 0 Å². The highest BCUT2D eigenvalue weighted by molar-refractivity contribution is 7.12. The van der Waals surface area contributed by atoms with Crippen LogP contribution in [0.15, 0.2) is 12.1 Å². The van der Waals surface area contributed by atoms with Crippen molar-refractivity contribution in [1.82, 2.24) is 4.90 Å². The summed E-state index contributed by atoms with van der Waals surface area (Å²) in [6, 6.07) is 4.23. The number of primary amides is 1. The lowest BCUT2D eigenvalue weighted by Gasteiger charge is -2.32. The molecule has 2 atom stereocenters. The minimum Gasteiger partial charge on any atom is -0.369 e. The standard InChI is InChI=1S/C14H25N3OS/c1-4-5-8-17(9-13(16)18)14(11(3)15)12-7-6-10(2)19-12/h6-7,11,14H,4-5,8-9,15H2,1-3H3,(H2,16,18). The maximum atomic E-state index is 11.3. The van der Waals surface area contributed by atoms with E-state index in [1.54, 1.807) is 11.3 Å². The molecule has 0 aliphatic heterocycles. The molecule has 0 bridgehead atoms. The molecule has 108 valence electrons. The highest BCUT2D eigenvalue weighted by Crippen LogP contribution is 2.29. The van der Waals surface area contributed by atoms with Gasteiger partial charge in [-0.2, -0.15) is 0 Å². The van der Waals surface area contributed by atoms with Gasteiger partial charge in [0.15, 0.2) is 0 Å². The van der Waals surface area contributed by atoms with Crippen molar-refractivity contribution in [1.29, 1.82) is 0 Å². The van der Waals surface area contributed by atoms with Crippen molar-refractivity contribution in [3.8, 4) is 0 Å². The molecule has 1 amide bonds. The van der Waals surface area contributed by atoms with Crippen molar-refractivity contribution in [3.63, 3.8) is 0 Å². The van der Waals surface area contributed by atoms with E-state index in [1.165, 1.54) is 9.75 Å². The van der Waals surface area contributed by atoms with Crippen LogP contribution in [0.5, 0.6) is 0 Å². The average molecular weight is 283 g/mol. The van der Waals surface area contributed by atoms with E-state index in [9.17, 15) is 4.79 Å². The van der Waals surface area contributed by atoms with Crippen molar-refractivity contribution in [2.24, 2.45) is 11.5 Å². The molecule has 0 fully saturated rings. The van der Waals surface area contributed by atoms with Crippen LogP contribution < -0.4 is 11.5 Å². The molecule has 0 saturated heterocycles. The number of rotatable bonds is 8. The zero-order valence-electron chi connectivity index (χ0n) is 12.1. The second kappa shape index (κ2) is 7.62. The Morgan fingerprint density at radius 2 is 2.16 bits per heavy atom. The van der Waals surface area contributed by atoms with Gasteiger partial charge in [0.2, 0.25) is 5.91 Å². The van der Waals surface area contributed by atoms with Gasteiger partial charge in [0.05, 0.1) is 12.6 Å². The van der Waals surface area contributed by atoms with E-state index in [2.05, 4.69) is 30.9 Å². The molecule has 4 N–H and O–H groups in total. The van der Waals surface area contributed by atoms with Crippen molar-refractivity contribution in [3.05, 3.63) is 21.9 Å². The van der Waals surface area contributed by atoms with Crippen molar-refractivity contribution < 1.29 is 4.79 Å². The fourth-order valence-electron chi connectivity index (χ4n) is 2.26. The summed E-state index contributed by atoms with van der Waals surface area (Å²) in [6.07, 6.45) is 2.13. The van der Waals surface area contributed by atoms with Gasteiger partial charge < -0.3 is 11.5 Å². The molecule has 1 aromatic rings. The van der Waals surface area contributed by atoms with Crippen molar-refractivity contribution in [2.45, 2.75) is 45.7 Å². The van der Waals surface area contributed by atoms with E-state index >= 15 is 0 Å². The Labute approximate surface area is 119 Å². The Kier molecular flexibility index (Phi) is 6.48. The molecule has 19 heavy (non-hydrogen) atoms. The van der Waals surface area contributed by atoms with Gasteiger partial charge in [0.25, 0.3) is 0 Å². The smallest absolute Gasteiger partial charge is 0.231 e. The number of carbonyl (C=O) groups excluding carboxylic acids is 1. The van der Waals surface area contributed by atoms with Gasteiger partial charge in [-0.05, 0) is 38.9 Å². The van der Waals surface area contributed by atoms with E-state index in [1.807, 2.05) is 6.92 Å². The lowest BCUT2D eigenvalue weighted by Crippen LogP contribution is -2.43. The van der Waals surface area contributed by atoms with E-state index in [4.69, 9.17) is 11.5 Å². The van der Waals surface area contributed by atoms with Crippen molar-refractivity contribution in [2.75, 3.05) is 13.1 Å². The first-order valence-electron chi connectivity index (χ1n) is 6.80. The lowest BCUT2D eigenvalue weighted by molar-refractivity contribution is -0.119. The first-order chi connectivity index (χ1) is 8.95. The van der Waals surface area contributed by atoms with Crippen LogP contribution in [0.1, 0.15) is 42.5 Å². The van der Waals surface area contributed by atoms with Gasteiger partial charge in [-0.15, -0.1) is 11.3 Å². The molecule has 0 radical (unpaired) electrons. The predicted molar refractivity (Wildman–Crippen MR) is 81.1 cm³/mol. The number of thiophene rings is 1. The van der Waals surface area contributed by atoms with Gasteiger partial charge in [-0.3, -0.25) is 9.69 Å². The first kappa shape index (κ1) is 16.1. The van der Waals surface area contributed by atoms with Crippen LogP contribution in [-0.2, 0) is 4.79 Å². The van der Waals surface area contributed by atoms with Gasteiger partial charge >= 0.3 is 0 Å². The van der Waals surface area contributed by atoms with Crippen molar-refractivity contribution >= 4 is 17.2 Å². The summed E-state index contributed by atoms with van der Waals surface area (Å²) in [5.74, 6) is -0.296. The summed E-state index contributed by atoms with van der Waals surface area (Å²) < 4.78 is 0. The summed E-state index contributed by atoms with van der Waals surface area (Å²) in [4.78, 5) is 15.9. The number of unbranched alkanes of at least 4 members (excludes halogenated alkanes) is 1. The fraction of sp³-hybridized carbons (Fsp3) is 0.643. The number of carbonyl (C=O) groups is 1. The molecule has 0 saturated carbocycles. The monoisotopic (exact) mass is 283 g/mol. The molecule has 1 rings (SSSR count). The maximum Gasteiger partial charge on any atom is 0.231 e. The van der Waals surface area contributed by atoms with Gasteiger partial charge in [0, 0.05) is 15.8 Å². The molecule has 1 heterocycles. The third-order valence-corrected chi connectivity index (χ3v) is 4.17. The molecular formula is C14H25N3OS. The molecule has 0 spiro atoms. The maximum absolute atomic E-state index is 11.3. The van der Waals surface area contributed by atoms with Crippen LogP contribution in [-0.4, -0.2) is 29.9 Å². The van der Waals surface area contributed by atoms with E-state index in [-0.39, 0.29) is 24.5 Å². The number of aryl methyl sites for hydroxylation is 1. The Morgan fingerprint density at radius 3 is 2.58 bits per heavy atom. The van der Waals surface area contributed by atoms with Crippen LogP contribution >= 0.6 is 11.3 Å². The van der Waals surface area contributed by atoms with E-state index in [0.29, 0.717) is 0 Å². The SMILES string of the molecule is CCCCN(CC(N)=O)C(c1ccc(C)s1)C(C)N. The summed E-state index contributed by atoms with van der Waals surface area (Å²) in [6.45, 7) is 7.32. The molecule has 0 aliphatic carbocycles. The van der Waals surface area contributed by atoms with Gasteiger partial charge in [0.1, 0.15) is 0 Å². The highest BCUT2D eigenvalue weighted by atomic mass is 32.1. The molecular weight excluding hydrogens is 258 g/mol. The number of nitrogens with two attached hydrogens (primary N) is 2. The zero-order valence-corrected chi connectivity index (χ0v) is 12.9. The van der Waals surface area contributed by atoms with E-state index in [0.717, 1.165) is 19.4 Å². The predicted octanol–water partition coefficient (Wildman–Crippen LogP) is 2.03. The highest BCUT2D eigenvalue weighted by Gasteiger charge is 2.26. The molecule has 5 heteroatoms. The van der Waals surface area contributed by atoms with Crippen LogP contribution in [0.4, 0.5) is 0 Å².